The number of rotatable bonds is 2. The maximum absolute atomic E-state index is 12.0. The predicted octanol–water partition coefficient (Wildman–Crippen LogP) is 1.51. The quantitative estimate of drug-likeness (QED) is 0.826. The van der Waals surface area contributed by atoms with Gasteiger partial charge in [0, 0.05) is 19.0 Å². The zero-order valence-electron chi connectivity index (χ0n) is 9.43. The van der Waals surface area contributed by atoms with Crippen molar-refractivity contribution in [2.75, 3.05) is 13.1 Å². The Hall–Kier alpha value is -1.29. The lowest BCUT2D eigenvalue weighted by Gasteiger charge is -2.35. The molecule has 0 aromatic carbocycles. The molecule has 4 heteroatoms. The van der Waals surface area contributed by atoms with Gasteiger partial charge in [-0.2, -0.15) is 0 Å². The van der Waals surface area contributed by atoms with Crippen molar-refractivity contribution in [3.05, 3.63) is 24.2 Å². The van der Waals surface area contributed by atoms with Crippen LogP contribution in [0.3, 0.4) is 0 Å². The number of carbonyl (C=O) groups is 1. The van der Waals surface area contributed by atoms with Crippen LogP contribution in [0.5, 0.6) is 0 Å². The number of hydrogen-bond acceptors (Lipinski definition) is 3. The minimum atomic E-state index is -0.265. The molecule has 2 heterocycles. The van der Waals surface area contributed by atoms with E-state index in [-0.39, 0.29) is 17.9 Å². The molecule has 4 nitrogen and oxygen atoms in total. The fourth-order valence-corrected chi connectivity index (χ4v) is 2.17. The number of piperidine rings is 1. The fourth-order valence-electron chi connectivity index (χ4n) is 2.17. The molecule has 16 heavy (non-hydrogen) atoms. The topological polar surface area (TPSA) is 53.7 Å². The molecule has 2 rings (SSSR count). The lowest BCUT2D eigenvalue weighted by molar-refractivity contribution is 0.0228. The SMILES string of the molecule is CCC1CN(C(=O)c2ccoc2)CCC1O. The van der Waals surface area contributed by atoms with Gasteiger partial charge >= 0.3 is 0 Å². The molecule has 2 atom stereocenters. The summed E-state index contributed by atoms with van der Waals surface area (Å²) in [4.78, 5) is 13.8. The second kappa shape index (κ2) is 4.70. The van der Waals surface area contributed by atoms with Gasteiger partial charge in [-0.25, -0.2) is 0 Å². The second-order valence-corrected chi connectivity index (χ2v) is 4.29. The highest BCUT2D eigenvalue weighted by molar-refractivity contribution is 5.93. The molecule has 1 fully saturated rings. The first kappa shape index (κ1) is 11.2. The smallest absolute Gasteiger partial charge is 0.257 e. The van der Waals surface area contributed by atoms with Crippen molar-refractivity contribution >= 4 is 5.91 Å². The van der Waals surface area contributed by atoms with E-state index in [1.165, 1.54) is 12.5 Å². The van der Waals surface area contributed by atoms with Crippen molar-refractivity contribution in [3.63, 3.8) is 0 Å². The zero-order chi connectivity index (χ0) is 11.5. The molecule has 0 aliphatic carbocycles. The van der Waals surface area contributed by atoms with Crippen LogP contribution < -0.4 is 0 Å². The van der Waals surface area contributed by atoms with Crippen LogP contribution in [0.4, 0.5) is 0 Å². The molecule has 0 spiro atoms. The molecule has 1 aromatic heterocycles. The van der Waals surface area contributed by atoms with E-state index in [1.54, 1.807) is 11.0 Å². The number of amides is 1. The van der Waals surface area contributed by atoms with E-state index in [4.69, 9.17) is 4.42 Å². The maximum atomic E-state index is 12.0. The molecule has 1 aromatic rings. The highest BCUT2D eigenvalue weighted by atomic mass is 16.3. The Kier molecular flexibility index (Phi) is 3.29. The van der Waals surface area contributed by atoms with Gasteiger partial charge in [-0.15, -0.1) is 0 Å². The van der Waals surface area contributed by atoms with E-state index in [2.05, 4.69) is 0 Å². The summed E-state index contributed by atoms with van der Waals surface area (Å²) in [6, 6.07) is 1.67. The van der Waals surface area contributed by atoms with E-state index >= 15 is 0 Å². The molecular formula is C12H17NO3. The fraction of sp³-hybridized carbons (Fsp3) is 0.583. The van der Waals surface area contributed by atoms with Crippen molar-refractivity contribution in [2.45, 2.75) is 25.9 Å². The summed E-state index contributed by atoms with van der Waals surface area (Å²) in [6.45, 7) is 3.31. The first-order chi connectivity index (χ1) is 7.72. The minimum absolute atomic E-state index is 0.000833. The third-order valence-electron chi connectivity index (χ3n) is 3.27. The third-order valence-corrected chi connectivity index (χ3v) is 3.27. The molecule has 1 aliphatic rings. The number of aliphatic hydroxyl groups is 1. The number of carbonyl (C=O) groups excluding carboxylic acids is 1. The van der Waals surface area contributed by atoms with Crippen molar-refractivity contribution in [1.82, 2.24) is 4.90 Å². The Labute approximate surface area is 94.9 Å². The summed E-state index contributed by atoms with van der Waals surface area (Å²) in [5.74, 6) is 0.198. The normalized spacial score (nSPS) is 25.8. The molecule has 1 amide bonds. The lowest BCUT2D eigenvalue weighted by Crippen LogP contribution is -2.45. The van der Waals surface area contributed by atoms with Gasteiger partial charge in [-0.05, 0) is 18.9 Å². The van der Waals surface area contributed by atoms with Gasteiger partial charge in [-0.3, -0.25) is 4.79 Å². The molecule has 1 aliphatic heterocycles. The van der Waals surface area contributed by atoms with Gasteiger partial charge in [0.05, 0.1) is 17.9 Å². The molecule has 0 bridgehead atoms. The van der Waals surface area contributed by atoms with E-state index in [1.807, 2.05) is 6.92 Å². The molecule has 2 unspecified atom stereocenters. The first-order valence-electron chi connectivity index (χ1n) is 5.72. The molecule has 88 valence electrons. The van der Waals surface area contributed by atoms with Gasteiger partial charge in [0.2, 0.25) is 0 Å². The minimum Gasteiger partial charge on any atom is -0.472 e. The number of hydrogen-bond donors (Lipinski definition) is 1. The van der Waals surface area contributed by atoms with E-state index < -0.39 is 0 Å². The van der Waals surface area contributed by atoms with Crippen LogP contribution in [-0.2, 0) is 0 Å². The van der Waals surface area contributed by atoms with Crippen LogP contribution in [0, 0.1) is 5.92 Å². The van der Waals surface area contributed by atoms with Gasteiger partial charge in [0.25, 0.3) is 5.91 Å². The summed E-state index contributed by atoms with van der Waals surface area (Å²) in [5.41, 5.74) is 0.589. The highest BCUT2D eigenvalue weighted by Crippen LogP contribution is 2.21. The van der Waals surface area contributed by atoms with Crippen molar-refractivity contribution in [1.29, 1.82) is 0 Å². The van der Waals surface area contributed by atoms with Gasteiger partial charge in [-0.1, -0.05) is 6.92 Å². The Morgan fingerprint density at radius 1 is 1.69 bits per heavy atom. The second-order valence-electron chi connectivity index (χ2n) is 4.29. The van der Waals surface area contributed by atoms with Crippen molar-refractivity contribution < 1.29 is 14.3 Å². The van der Waals surface area contributed by atoms with Gasteiger partial charge in [0.15, 0.2) is 0 Å². The number of likely N-dealkylation sites (tertiary alicyclic amines) is 1. The molecule has 1 saturated heterocycles. The Morgan fingerprint density at radius 2 is 2.50 bits per heavy atom. The van der Waals surface area contributed by atoms with Crippen LogP contribution in [0.2, 0.25) is 0 Å². The largest absolute Gasteiger partial charge is 0.472 e. The number of furan rings is 1. The summed E-state index contributed by atoms with van der Waals surface area (Å²) in [5, 5.41) is 9.74. The Bertz CT molecular complexity index is 347. The maximum Gasteiger partial charge on any atom is 0.257 e. The third kappa shape index (κ3) is 2.11. The number of aliphatic hydroxyl groups excluding tert-OH is 1. The van der Waals surface area contributed by atoms with Crippen LogP contribution >= 0.6 is 0 Å². The molecular weight excluding hydrogens is 206 g/mol. The van der Waals surface area contributed by atoms with Crippen LogP contribution in [-0.4, -0.2) is 35.1 Å². The highest BCUT2D eigenvalue weighted by Gasteiger charge is 2.29. The Morgan fingerprint density at radius 3 is 3.12 bits per heavy atom. The summed E-state index contributed by atoms with van der Waals surface area (Å²) >= 11 is 0. The first-order valence-corrected chi connectivity index (χ1v) is 5.72. The van der Waals surface area contributed by atoms with Crippen molar-refractivity contribution in [3.8, 4) is 0 Å². The standard InChI is InChI=1S/C12H17NO3/c1-2-9-7-13(5-3-11(9)14)12(15)10-4-6-16-8-10/h4,6,8-9,11,14H,2-3,5,7H2,1H3. The van der Waals surface area contributed by atoms with Crippen LogP contribution in [0.25, 0.3) is 0 Å². The van der Waals surface area contributed by atoms with Crippen LogP contribution in [0.1, 0.15) is 30.1 Å². The average Bonchev–Trinajstić information content (AvgIpc) is 2.82. The molecule has 1 N–H and O–H groups in total. The van der Waals surface area contributed by atoms with E-state index in [0.717, 1.165) is 6.42 Å². The Balaban J connectivity index is 2.03. The monoisotopic (exact) mass is 223 g/mol. The molecule has 0 saturated carbocycles. The molecule has 0 radical (unpaired) electrons. The lowest BCUT2D eigenvalue weighted by atomic mass is 9.92. The summed E-state index contributed by atoms with van der Waals surface area (Å²) < 4.78 is 4.90. The van der Waals surface area contributed by atoms with E-state index in [0.29, 0.717) is 25.1 Å². The summed E-state index contributed by atoms with van der Waals surface area (Å²) in [7, 11) is 0. The van der Waals surface area contributed by atoms with Gasteiger partial charge < -0.3 is 14.4 Å². The van der Waals surface area contributed by atoms with Gasteiger partial charge in [0.1, 0.15) is 6.26 Å². The average molecular weight is 223 g/mol. The number of nitrogens with zero attached hydrogens (tertiary/aromatic N) is 1. The van der Waals surface area contributed by atoms with E-state index in [9.17, 15) is 9.90 Å². The zero-order valence-corrected chi connectivity index (χ0v) is 9.43. The summed E-state index contributed by atoms with van der Waals surface area (Å²) in [6.07, 6.45) is 4.27. The van der Waals surface area contributed by atoms with Crippen molar-refractivity contribution in [2.24, 2.45) is 5.92 Å². The van der Waals surface area contributed by atoms with Crippen LogP contribution in [0.15, 0.2) is 23.0 Å². The predicted molar refractivity (Wildman–Crippen MR) is 59.0 cm³/mol.